The van der Waals surface area contributed by atoms with Gasteiger partial charge in [-0.1, -0.05) is 0 Å². The van der Waals surface area contributed by atoms with Crippen molar-refractivity contribution in [1.82, 2.24) is 0 Å². The summed E-state index contributed by atoms with van der Waals surface area (Å²) in [5.41, 5.74) is -0.306. The average Bonchev–Trinajstić information content (AvgIpc) is 2.38. The first kappa shape index (κ1) is 15.3. The van der Waals surface area contributed by atoms with E-state index in [1.165, 1.54) is 0 Å². The molecule has 0 bridgehead atoms. The molecule has 1 N–H and O–H groups in total. The smallest absolute Gasteiger partial charge is 0.256 e. The highest BCUT2D eigenvalue weighted by atomic mass is 127. The number of carbonyl (C=O) groups excluding carboxylic acids is 1. The summed E-state index contributed by atoms with van der Waals surface area (Å²) in [6.45, 7) is 0. The highest BCUT2D eigenvalue weighted by Crippen LogP contribution is 2.23. The molecule has 7 heteroatoms. The fourth-order valence-electron chi connectivity index (χ4n) is 1.51. The highest BCUT2D eigenvalue weighted by Gasteiger charge is 2.16. The van der Waals surface area contributed by atoms with E-state index in [1.807, 2.05) is 22.6 Å². The minimum absolute atomic E-state index is 0.237. The van der Waals surface area contributed by atoms with Crippen molar-refractivity contribution in [3.8, 4) is 0 Å². The monoisotopic (exact) mass is 455 g/mol. The van der Waals surface area contributed by atoms with E-state index in [1.54, 1.807) is 18.2 Å². The summed E-state index contributed by atoms with van der Waals surface area (Å²) in [4.78, 5) is 12.0. The van der Waals surface area contributed by atoms with Crippen molar-refractivity contribution in [2.24, 2.45) is 0 Å². The molecule has 0 radical (unpaired) electrons. The van der Waals surface area contributed by atoms with Gasteiger partial charge in [0, 0.05) is 20.2 Å². The molecule has 0 spiro atoms. The molecule has 0 aliphatic heterocycles. The summed E-state index contributed by atoms with van der Waals surface area (Å²) in [6, 6.07) is 6.11. The number of nitrogens with one attached hydrogen (secondary N) is 1. The molecule has 0 unspecified atom stereocenters. The predicted octanol–water partition coefficient (Wildman–Crippen LogP) is 4.72. The first-order chi connectivity index (χ1) is 9.38. The average molecular weight is 456 g/mol. The SMILES string of the molecule is O=C(Nc1cc(F)cc(F)c1F)c1cc(I)ccc1Br. The van der Waals surface area contributed by atoms with Gasteiger partial charge < -0.3 is 5.32 Å². The van der Waals surface area contributed by atoms with Crippen LogP contribution in [-0.2, 0) is 0 Å². The summed E-state index contributed by atoms with van der Waals surface area (Å²) >= 11 is 5.19. The molecule has 0 aliphatic rings. The predicted molar refractivity (Wildman–Crippen MR) is 81.1 cm³/mol. The molecular weight excluding hydrogens is 450 g/mol. The summed E-state index contributed by atoms with van der Waals surface area (Å²) in [6.07, 6.45) is 0. The zero-order valence-electron chi connectivity index (χ0n) is 9.68. The van der Waals surface area contributed by atoms with Gasteiger partial charge in [-0.15, -0.1) is 0 Å². The van der Waals surface area contributed by atoms with Crippen LogP contribution in [0.1, 0.15) is 10.4 Å². The third kappa shape index (κ3) is 3.32. The zero-order valence-corrected chi connectivity index (χ0v) is 13.4. The summed E-state index contributed by atoms with van der Waals surface area (Å²) in [5.74, 6) is -4.30. The van der Waals surface area contributed by atoms with Crippen LogP contribution in [0.3, 0.4) is 0 Å². The Balaban J connectivity index is 2.35. The number of hydrogen-bond donors (Lipinski definition) is 1. The first-order valence-electron chi connectivity index (χ1n) is 5.29. The van der Waals surface area contributed by atoms with Crippen LogP contribution in [0.2, 0.25) is 0 Å². The Morgan fingerprint density at radius 3 is 2.55 bits per heavy atom. The maximum Gasteiger partial charge on any atom is 0.256 e. The van der Waals surface area contributed by atoms with Crippen molar-refractivity contribution in [2.45, 2.75) is 0 Å². The van der Waals surface area contributed by atoms with Crippen LogP contribution in [0.4, 0.5) is 18.9 Å². The molecule has 0 heterocycles. The molecule has 1 amide bonds. The van der Waals surface area contributed by atoms with E-state index in [9.17, 15) is 18.0 Å². The van der Waals surface area contributed by atoms with Crippen molar-refractivity contribution in [1.29, 1.82) is 0 Å². The molecule has 2 nitrogen and oxygen atoms in total. The van der Waals surface area contributed by atoms with Crippen LogP contribution in [0.25, 0.3) is 0 Å². The number of carbonyl (C=O) groups is 1. The Morgan fingerprint density at radius 2 is 1.85 bits per heavy atom. The number of halogens is 5. The quantitative estimate of drug-likeness (QED) is 0.515. The van der Waals surface area contributed by atoms with Crippen LogP contribution in [0.5, 0.6) is 0 Å². The minimum atomic E-state index is -1.36. The van der Waals surface area contributed by atoms with Gasteiger partial charge in [-0.3, -0.25) is 4.79 Å². The molecule has 104 valence electrons. The van der Waals surface area contributed by atoms with E-state index < -0.39 is 29.0 Å². The van der Waals surface area contributed by atoms with E-state index >= 15 is 0 Å². The molecule has 20 heavy (non-hydrogen) atoms. The van der Waals surface area contributed by atoms with Crippen LogP contribution in [0, 0.1) is 21.0 Å². The molecule has 2 aromatic carbocycles. The van der Waals surface area contributed by atoms with Gasteiger partial charge in [0.05, 0.1) is 11.3 Å². The summed E-state index contributed by atoms with van der Waals surface area (Å²) < 4.78 is 40.8. The topological polar surface area (TPSA) is 29.1 Å². The van der Waals surface area contributed by atoms with Crippen LogP contribution >= 0.6 is 38.5 Å². The van der Waals surface area contributed by atoms with Gasteiger partial charge in [0.25, 0.3) is 5.91 Å². The van der Waals surface area contributed by atoms with Crippen molar-refractivity contribution in [3.05, 3.63) is 61.4 Å². The second-order valence-electron chi connectivity index (χ2n) is 3.83. The molecule has 0 saturated carbocycles. The lowest BCUT2D eigenvalue weighted by Gasteiger charge is -2.09. The Labute approximate surface area is 134 Å². The first-order valence-corrected chi connectivity index (χ1v) is 7.16. The maximum atomic E-state index is 13.5. The summed E-state index contributed by atoms with van der Waals surface area (Å²) in [7, 11) is 0. The highest BCUT2D eigenvalue weighted by molar-refractivity contribution is 14.1. The lowest BCUT2D eigenvalue weighted by Crippen LogP contribution is -2.14. The number of benzene rings is 2. The van der Waals surface area contributed by atoms with E-state index in [0.717, 1.165) is 9.64 Å². The Hall–Kier alpha value is -1.09. The van der Waals surface area contributed by atoms with Gasteiger partial charge in [-0.05, 0) is 56.7 Å². The fourth-order valence-corrected chi connectivity index (χ4v) is 2.43. The van der Waals surface area contributed by atoms with Gasteiger partial charge in [-0.2, -0.15) is 0 Å². The van der Waals surface area contributed by atoms with Crippen LogP contribution < -0.4 is 5.32 Å². The van der Waals surface area contributed by atoms with Crippen LogP contribution in [0.15, 0.2) is 34.8 Å². The van der Waals surface area contributed by atoms with Crippen molar-refractivity contribution >= 4 is 50.1 Å². The second-order valence-corrected chi connectivity index (χ2v) is 5.93. The normalized spacial score (nSPS) is 10.4. The second kappa shape index (κ2) is 6.13. The maximum absolute atomic E-state index is 13.5. The van der Waals surface area contributed by atoms with Crippen LogP contribution in [-0.4, -0.2) is 5.91 Å². The van der Waals surface area contributed by atoms with Gasteiger partial charge in [-0.25, -0.2) is 13.2 Å². The molecule has 2 aromatic rings. The van der Waals surface area contributed by atoms with Gasteiger partial charge in [0.1, 0.15) is 5.82 Å². The number of hydrogen-bond acceptors (Lipinski definition) is 1. The van der Waals surface area contributed by atoms with Crippen molar-refractivity contribution in [3.63, 3.8) is 0 Å². The van der Waals surface area contributed by atoms with E-state index in [0.29, 0.717) is 10.5 Å². The summed E-state index contributed by atoms with van der Waals surface area (Å²) in [5, 5.41) is 2.15. The number of anilines is 1. The molecule has 0 fully saturated rings. The van der Waals surface area contributed by atoms with E-state index in [2.05, 4.69) is 21.2 Å². The van der Waals surface area contributed by atoms with Gasteiger partial charge >= 0.3 is 0 Å². The van der Waals surface area contributed by atoms with E-state index in [4.69, 9.17) is 0 Å². The Kier molecular flexibility index (Phi) is 4.69. The Morgan fingerprint density at radius 1 is 1.15 bits per heavy atom. The zero-order chi connectivity index (χ0) is 14.9. The van der Waals surface area contributed by atoms with E-state index in [-0.39, 0.29) is 5.56 Å². The number of amides is 1. The third-order valence-corrected chi connectivity index (χ3v) is 3.78. The molecular formula is C13H6BrF3INO. The van der Waals surface area contributed by atoms with Gasteiger partial charge in [0.2, 0.25) is 0 Å². The molecule has 2 rings (SSSR count). The van der Waals surface area contributed by atoms with Crippen molar-refractivity contribution in [2.75, 3.05) is 5.32 Å². The lowest BCUT2D eigenvalue weighted by atomic mass is 10.2. The third-order valence-electron chi connectivity index (χ3n) is 2.41. The minimum Gasteiger partial charge on any atom is -0.319 e. The lowest BCUT2D eigenvalue weighted by molar-refractivity contribution is 0.102. The fraction of sp³-hybridized carbons (Fsp3) is 0. The van der Waals surface area contributed by atoms with Gasteiger partial charge in [0.15, 0.2) is 11.6 Å². The molecule has 0 aromatic heterocycles. The largest absolute Gasteiger partial charge is 0.319 e. The number of rotatable bonds is 2. The van der Waals surface area contributed by atoms with Crippen molar-refractivity contribution < 1.29 is 18.0 Å². The molecule has 0 aliphatic carbocycles. The Bertz CT molecular complexity index is 694. The molecule has 0 saturated heterocycles. The molecule has 0 atom stereocenters. The standard InChI is InChI=1S/C13H6BrF3INO/c14-9-2-1-7(18)5-8(9)13(20)19-11-4-6(15)3-10(16)12(11)17/h1-5H,(H,19,20).